The first-order valence-electron chi connectivity index (χ1n) is 6.48. The molecule has 0 saturated heterocycles. The van der Waals surface area contributed by atoms with E-state index < -0.39 is 4.92 Å². The van der Waals surface area contributed by atoms with Gasteiger partial charge in [-0.2, -0.15) is 0 Å². The fourth-order valence-electron chi connectivity index (χ4n) is 2.20. The molecule has 20 heavy (non-hydrogen) atoms. The van der Waals surface area contributed by atoms with Crippen LogP contribution in [0, 0.1) is 10.1 Å². The van der Waals surface area contributed by atoms with Crippen LogP contribution in [0.2, 0.25) is 0 Å². The van der Waals surface area contributed by atoms with Crippen LogP contribution in [0.3, 0.4) is 0 Å². The average Bonchev–Trinajstić information content (AvgIpc) is 2.92. The van der Waals surface area contributed by atoms with Crippen molar-refractivity contribution in [3.8, 4) is 0 Å². The standard InChI is InChI=1S/C14H15BrN2O3/c15-12-6-5-11(9-13(12)17(19)20)14(18)16-8-7-10-3-1-2-4-10/h3,5-6,9H,1-2,4,7-8H2,(H,16,18). The number of hydrogen-bond acceptors (Lipinski definition) is 3. The Hall–Kier alpha value is -1.69. The van der Waals surface area contributed by atoms with Gasteiger partial charge in [-0.3, -0.25) is 14.9 Å². The topological polar surface area (TPSA) is 72.2 Å². The molecule has 1 N–H and O–H groups in total. The van der Waals surface area contributed by atoms with E-state index in [1.165, 1.54) is 24.1 Å². The van der Waals surface area contributed by atoms with E-state index in [4.69, 9.17) is 0 Å². The van der Waals surface area contributed by atoms with Crippen molar-refractivity contribution in [2.24, 2.45) is 0 Å². The summed E-state index contributed by atoms with van der Waals surface area (Å²) in [4.78, 5) is 22.2. The Morgan fingerprint density at radius 3 is 2.90 bits per heavy atom. The van der Waals surface area contributed by atoms with Gasteiger partial charge in [-0.1, -0.05) is 11.6 Å². The summed E-state index contributed by atoms with van der Waals surface area (Å²) in [7, 11) is 0. The van der Waals surface area contributed by atoms with Crippen LogP contribution in [0.25, 0.3) is 0 Å². The molecule has 1 aliphatic rings. The molecule has 0 atom stereocenters. The average molecular weight is 339 g/mol. The minimum atomic E-state index is -0.510. The fraction of sp³-hybridized carbons (Fsp3) is 0.357. The van der Waals surface area contributed by atoms with Crippen LogP contribution in [0.5, 0.6) is 0 Å². The number of rotatable bonds is 5. The van der Waals surface area contributed by atoms with Crippen molar-refractivity contribution in [3.05, 3.63) is 50.0 Å². The molecule has 0 saturated carbocycles. The third-order valence-corrected chi connectivity index (χ3v) is 3.94. The minimum Gasteiger partial charge on any atom is -0.352 e. The smallest absolute Gasteiger partial charge is 0.284 e. The van der Waals surface area contributed by atoms with E-state index >= 15 is 0 Å². The van der Waals surface area contributed by atoms with E-state index in [0.29, 0.717) is 16.6 Å². The molecule has 0 unspecified atom stereocenters. The number of amides is 1. The molecule has 0 bridgehead atoms. The molecule has 106 valence electrons. The molecule has 0 fully saturated rings. The van der Waals surface area contributed by atoms with Gasteiger partial charge in [0.25, 0.3) is 11.6 Å². The van der Waals surface area contributed by atoms with E-state index in [-0.39, 0.29) is 11.6 Å². The molecule has 2 rings (SSSR count). The van der Waals surface area contributed by atoms with Gasteiger partial charge in [-0.05, 0) is 53.7 Å². The van der Waals surface area contributed by atoms with Gasteiger partial charge < -0.3 is 5.32 Å². The molecule has 0 radical (unpaired) electrons. The highest BCUT2D eigenvalue weighted by molar-refractivity contribution is 9.10. The molecule has 1 aliphatic carbocycles. The maximum Gasteiger partial charge on any atom is 0.284 e. The van der Waals surface area contributed by atoms with E-state index in [9.17, 15) is 14.9 Å². The molecule has 1 aromatic carbocycles. The highest BCUT2D eigenvalue weighted by Gasteiger charge is 2.15. The Bertz CT molecular complexity index is 570. The van der Waals surface area contributed by atoms with Gasteiger partial charge in [-0.25, -0.2) is 0 Å². The number of nitrogens with zero attached hydrogens (tertiary/aromatic N) is 1. The van der Waals surface area contributed by atoms with Crippen LogP contribution in [0.1, 0.15) is 36.0 Å². The van der Waals surface area contributed by atoms with Crippen LogP contribution in [0.15, 0.2) is 34.3 Å². The Morgan fingerprint density at radius 1 is 1.45 bits per heavy atom. The maximum atomic E-state index is 11.9. The van der Waals surface area contributed by atoms with E-state index in [2.05, 4.69) is 27.3 Å². The summed E-state index contributed by atoms with van der Waals surface area (Å²) >= 11 is 3.10. The SMILES string of the molecule is O=C(NCCC1=CCCC1)c1ccc(Br)c([N+](=O)[O-])c1. The van der Waals surface area contributed by atoms with Crippen LogP contribution in [-0.2, 0) is 0 Å². The first kappa shape index (κ1) is 14.7. The zero-order valence-corrected chi connectivity index (χ0v) is 12.5. The third kappa shape index (κ3) is 3.66. The van der Waals surface area contributed by atoms with Crippen molar-refractivity contribution in [3.63, 3.8) is 0 Å². The lowest BCUT2D eigenvalue weighted by atomic mass is 10.1. The van der Waals surface area contributed by atoms with Crippen LogP contribution in [-0.4, -0.2) is 17.4 Å². The zero-order valence-electron chi connectivity index (χ0n) is 10.9. The number of allylic oxidation sites excluding steroid dienone is 1. The molecule has 1 amide bonds. The van der Waals surface area contributed by atoms with Crippen molar-refractivity contribution in [2.75, 3.05) is 6.54 Å². The van der Waals surface area contributed by atoms with E-state index in [1.54, 1.807) is 6.07 Å². The second-order valence-corrected chi connectivity index (χ2v) is 5.54. The summed E-state index contributed by atoms with van der Waals surface area (Å²) in [5, 5.41) is 13.6. The number of carbonyl (C=O) groups excluding carboxylic acids is 1. The number of nitrogens with one attached hydrogen (secondary N) is 1. The zero-order chi connectivity index (χ0) is 14.5. The number of hydrogen-bond donors (Lipinski definition) is 1. The Labute approximate surface area is 125 Å². The summed E-state index contributed by atoms with van der Waals surface area (Å²) in [5.41, 5.74) is 1.59. The minimum absolute atomic E-state index is 0.101. The predicted molar refractivity (Wildman–Crippen MR) is 79.7 cm³/mol. The van der Waals surface area contributed by atoms with Gasteiger partial charge in [0, 0.05) is 18.2 Å². The molecule has 1 aromatic rings. The second-order valence-electron chi connectivity index (χ2n) is 4.68. The lowest BCUT2D eigenvalue weighted by molar-refractivity contribution is -0.385. The molecule has 5 nitrogen and oxygen atoms in total. The normalized spacial score (nSPS) is 13.9. The van der Waals surface area contributed by atoms with Crippen molar-refractivity contribution < 1.29 is 9.72 Å². The summed E-state index contributed by atoms with van der Waals surface area (Å²) in [6.07, 6.45) is 6.50. The van der Waals surface area contributed by atoms with Crippen LogP contribution in [0.4, 0.5) is 5.69 Å². The van der Waals surface area contributed by atoms with Gasteiger partial charge in [0.1, 0.15) is 0 Å². The Morgan fingerprint density at radius 2 is 2.25 bits per heavy atom. The van der Waals surface area contributed by atoms with Crippen molar-refractivity contribution in [1.82, 2.24) is 5.32 Å². The summed E-state index contributed by atoms with van der Waals surface area (Å²) in [6, 6.07) is 4.38. The number of nitro groups is 1. The number of carbonyl (C=O) groups is 1. The Balaban J connectivity index is 1.95. The predicted octanol–water partition coefficient (Wildman–Crippen LogP) is 3.59. The molecular weight excluding hydrogens is 324 g/mol. The Kier molecular flexibility index (Phi) is 4.89. The van der Waals surface area contributed by atoms with Gasteiger partial charge >= 0.3 is 0 Å². The molecule has 0 aromatic heterocycles. The van der Waals surface area contributed by atoms with Gasteiger partial charge in [0.2, 0.25) is 0 Å². The molecule has 6 heteroatoms. The first-order chi connectivity index (χ1) is 9.58. The molecule has 0 aliphatic heterocycles. The van der Waals surface area contributed by atoms with Gasteiger partial charge in [-0.15, -0.1) is 0 Å². The van der Waals surface area contributed by atoms with Crippen molar-refractivity contribution in [2.45, 2.75) is 25.7 Å². The lowest BCUT2D eigenvalue weighted by Crippen LogP contribution is -2.24. The second kappa shape index (κ2) is 6.65. The summed E-state index contributed by atoms with van der Waals surface area (Å²) < 4.78 is 0.371. The fourth-order valence-corrected chi connectivity index (χ4v) is 2.59. The molecule has 0 heterocycles. The van der Waals surface area contributed by atoms with Crippen LogP contribution >= 0.6 is 15.9 Å². The highest BCUT2D eigenvalue weighted by Crippen LogP contribution is 2.25. The van der Waals surface area contributed by atoms with Gasteiger partial charge in [0.05, 0.1) is 9.40 Å². The number of halogens is 1. The third-order valence-electron chi connectivity index (χ3n) is 3.27. The van der Waals surface area contributed by atoms with Crippen molar-refractivity contribution >= 4 is 27.5 Å². The quantitative estimate of drug-likeness (QED) is 0.506. The number of nitro benzene ring substituents is 1. The molecular formula is C14H15BrN2O3. The lowest BCUT2D eigenvalue weighted by Gasteiger charge is -2.06. The summed E-state index contributed by atoms with van der Waals surface area (Å²) in [5.74, 6) is -0.279. The highest BCUT2D eigenvalue weighted by atomic mass is 79.9. The number of benzene rings is 1. The van der Waals surface area contributed by atoms with E-state index in [0.717, 1.165) is 19.3 Å². The monoisotopic (exact) mass is 338 g/mol. The summed E-state index contributed by atoms with van der Waals surface area (Å²) in [6.45, 7) is 0.564. The van der Waals surface area contributed by atoms with Gasteiger partial charge in [0.15, 0.2) is 0 Å². The maximum absolute atomic E-state index is 11.9. The van der Waals surface area contributed by atoms with E-state index in [1.807, 2.05) is 0 Å². The largest absolute Gasteiger partial charge is 0.352 e. The van der Waals surface area contributed by atoms with Crippen LogP contribution < -0.4 is 5.32 Å². The van der Waals surface area contributed by atoms with Crippen molar-refractivity contribution in [1.29, 1.82) is 0 Å². The first-order valence-corrected chi connectivity index (χ1v) is 7.27. The molecule has 0 spiro atoms.